The molecule has 0 spiro atoms. The van der Waals surface area contributed by atoms with Gasteiger partial charge in [-0.1, -0.05) is 6.07 Å². The van der Waals surface area contributed by atoms with Crippen molar-refractivity contribution in [2.24, 2.45) is 0 Å². The number of nitriles is 1. The van der Waals surface area contributed by atoms with Crippen LogP contribution in [0.15, 0.2) is 28.0 Å². The van der Waals surface area contributed by atoms with E-state index in [-0.39, 0.29) is 29.0 Å². The fraction of sp³-hybridized carbons (Fsp3) is 0.353. The molecule has 2 heterocycles. The molecular weight excluding hydrogens is 377 g/mol. The molecule has 0 aliphatic carbocycles. The predicted molar refractivity (Wildman–Crippen MR) is 98.8 cm³/mol. The Morgan fingerprint density at radius 1 is 1.58 bits per heavy atom. The number of carbonyl (C=O) groups excluding carboxylic acids is 2. The van der Waals surface area contributed by atoms with Gasteiger partial charge >= 0.3 is 0 Å². The molecule has 1 fully saturated rings. The van der Waals surface area contributed by atoms with Crippen LogP contribution in [0.5, 0.6) is 0 Å². The number of hydrogen-bond donors (Lipinski definition) is 3. The molecular formula is C17H16FN3O3S2. The zero-order valence-electron chi connectivity index (χ0n) is 13.8. The molecule has 0 saturated carbocycles. The molecule has 3 unspecified atom stereocenters. The Labute approximate surface area is 158 Å². The predicted octanol–water partition coefficient (Wildman–Crippen LogP) is 1.91. The van der Waals surface area contributed by atoms with Gasteiger partial charge in [0.15, 0.2) is 0 Å². The number of benzene rings is 1. The van der Waals surface area contributed by atoms with Gasteiger partial charge in [-0.3, -0.25) is 9.59 Å². The van der Waals surface area contributed by atoms with Crippen LogP contribution in [-0.4, -0.2) is 40.1 Å². The first-order valence-corrected chi connectivity index (χ1v) is 9.72. The maximum absolute atomic E-state index is 13.8. The van der Waals surface area contributed by atoms with Crippen LogP contribution in [0.4, 0.5) is 10.1 Å². The van der Waals surface area contributed by atoms with Crippen LogP contribution in [0.2, 0.25) is 0 Å². The fourth-order valence-electron chi connectivity index (χ4n) is 2.81. The van der Waals surface area contributed by atoms with Crippen LogP contribution in [0.3, 0.4) is 0 Å². The molecule has 1 aromatic carbocycles. The lowest BCUT2D eigenvalue weighted by molar-refractivity contribution is -0.125. The Hall–Kier alpha value is -2.02. The van der Waals surface area contributed by atoms with Crippen molar-refractivity contribution in [3.05, 3.63) is 39.4 Å². The number of piperidine rings is 1. The van der Waals surface area contributed by atoms with E-state index in [1.54, 1.807) is 13.0 Å². The van der Waals surface area contributed by atoms with Gasteiger partial charge in [0.2, 0.25) is 11.8 Å². The number of aryl methyl sites for hydroxylation is 1. The number of hydrogen-bond acceptors (Lipinski definition) is 6. The quantitative estimate of drug-likeness (QED) is 0.722. The number of fused-ring (bicyclic) bond motifs is 1. The number of nitrogens with one attached hydrogen (secondary N) is 2. The lowest BCUT2D eigenvalue weighted by Gasteiger charge is -2.30. The van der Waals surface area contributed by atoms with Crippen molar-refractivity contribution in [3.63, 3.8) is 0 Å². The molecule has 1 saturated heterocycles. The molecule has 2 aliphatic rings. The van der Waals surface area contributed by atoms with Crippen molar-refractivity contribution < 1.29 is 19.1 Å². The van der Waals surface area contributed by atoms with Crippen LogP contribution >= 0.6 is 23.5 Å². The topological polar surface area (TPSA) is 102 Å². The summed E-state index contributed by atoms with van der Waals surface area (Å²) in [6.07, 6.45) is -0.839. The number of aliphatic hydroxyl groups is 1. The molecule has 3 atom stereocenters. The van der Waals surface area contributed by atoms with Crippen LogP contribution in [0, 0.1) is 24.1 Å². The number of nitrogens with zero attached hydrogens (tertiary/aromatic N) is 1. The molecule has 2 aliphatic heterocycles. The summed E-state index contributed by atoms with van der Waals surface area (Å²) >= 11 is 2.44. The highest BCUT2D eigenvalue weighted by Gasteiger charge is 2.45. The van der Waals surface area contributed by atoms with Crippen molar-refractivity contribution >= 4 is 41.0 Å². The first-order chi connectivity index (χ1) is 12.4. The van der Waals surface area contributed by atoms with Gasteiger partial charge in [-0.15, -0.1) is 23.5 Å². The van der Waals surface area contributed by atoms with Crippen molar-refractivity contribution in [2.75, 3.05) is 11.1 Å². The molecule has 1 aromatic rings. The monoisotopic (exact) mass is 393 g/mol. The first kappa shape index (κ1) is 18.8. The summed E-state index contributed by atoms with van der Waals surface area (Å²) in [6.45, 7) is 1.75. The second kappa shape index (κ2) is 7.70. The second-order valence-electron chi connectivity index (χ2n) is 6.03. The molecule has 0 aromatic heterocycles. The van der Waals surface area contributed by atoms with E-state index in [1.807, 2.05) is 0 Å². The lowest BCUT2D eigenvalue weighted by Crippen LogP contribution is -2.52. The van der Waals surface area contributed by atoms with Crippen molar-refractivity contribution in [1.82, 2.24) is 5.32 Å². The molecule has 3 N–H and O–H groups in total. The highest BCUT2D eigenvalue weighted by atomic mass is 32.2. The van der Waals surface area contributed by atoms with Crippen LogP contribution in [0.1, 0.15) is 12.0 Å². The fourth-order valence-corrected chi connectivity index (χ4v) is 5.39. The number of amides is 2. The molecule has 3 rings (SSSR count). The van der Waals surface area contributed by atoms with Crippen LogP contribution < -0.4 is 10.6 Å². The van der Waals surface area contributed by atoms with Crippen molar-refractivity contribution in [1.29, 1.82) is 5.26 Å². The van der Waals surface area contributed by atoms with Crippen molar-refractivity contribution in [3.8, 4) is 6.07 Å². The molecule has 9 heteroatoms. The maximum atomic E-state index is 13.8. The Morgan fingerprint density at radius 3 is 3.04 bits per heavy atom. The van der Waals surface area contributed by atoms with E-state index in [0.717, 1.165) is 17.3 Å². The molecule has 2 amide bonds. The minimum atomic E-state index is -0.837. The number of anilines is 1. The maximum Gasteiger partial charge on any atom is 0.234 e. The Bertz CT molecular complexity index is 837. The zero-order valence-corrected chi connectivity index (χ0v) is 15.4. The summed E-state index contributed by atoms with van der Waals surface area (Å²) in [5.41, 5.74) is 1.21. The van der Waals surface area contributed by atoms with Crippen LogP contribution in [-0.2, 0) is 9.59 Å². The summed E-state index contributed by atoms with van der Waals surface area (Å²) in [4.78, 5) is 23.7. The minimum absolute atomic E-state index is 0.00198. The van der Waals surface area contributed by atoms with Gasteiger partial charge in [-0.05, 0) is 24.6 Å². The van der Waals surface area contributed by atoms with E-state index >= 15 is 0 Å². The number of carbonyl (C=O) groups is 2. The largest absolute Gasteiger partial charge is 0.391 e. The normalized spacial score (nSPS) is 24.7. The molecule has 136 valence electrons. The highest BCUT2D eigenvalue weighted by molar-refractivity contribution is 8.23. The third-order valence-corrected chi connectivity index (χ3v) is 6.87. The van der Waals surface area contributed by atoms with E-state index in [9.17, 15) is 24.3 Å². The van der Waals surface area contributed by atoms with Gasteiger partial charge < -0.3 is 15.7 Å². The zero-order chi connectivity index (χ0) is 18.8. The Balaban J connectivity index is 1.65. The number of halogens is 1. The Kier molecular flexibility index (Phi) is 5.55. The van der Waals surface area contributed by atoms with Gasteiger partial charge in [0.25, 0.3) is 0 Å². The standard InChI is InChI=1S/C17H16FN3O3S2/c1-8-2-3-11(10(18)4-8)20-14(24)7-25-17-9(6-19)15-16(26-17)12(22)5-13(23)21-15/h2-4,12,15-16,22H,5,7H2,1H3,(H,20,24)(H,21,23). The Morgan fingerprint density at radius 2 is 2.35 bits per heavy atom. The molecule has 6 nitrogen and oxygen atoms in total. The van der Waals surface area contributed by atoms with E-state index in [4.69, 9.17) is 0 Å². The molecule has 0 radical (unpaired) electrons. The lowest BCUT2D eigenvalue weighted by atomic mass is 9.96. The third-order valence-electron chi connectivity index (χ3n) is 4.05. The van der Waals surface area contributed by atoms with Crippen molar-refractivity contribution in [2.45, 2.75) is 30.7 Å². The highest BCUT2D eigenvalue weighted by Crippen LogP contribution is 2.47. The molecule has 26 heavy (non-hydrogen) atoms. The van der Waals surface area contributed by atoms with E-state index < -0.39 is 23.9 Å². The number of thioether (sulfide) groups is 2. The van der Waals surface area contributed by atoms with E-state index in [0.29, 0.717) is 9.81 Å². The van der Waals surface area contributed by atoms with Crippen LogP contribution in [0.25, 0.3) is 0 Å². The average molecular weight is 393 g/mol. The summed E-state index contributed by atoms with van der Waals surface area (Å²) in [6, 6.07) is 6.05. The van der Waals surface area contributed by atoms with Gasteiger partial charge in [0, 0.05) is 0 Å². The van der Waals surface area contributed by atoms with E-state index in [1.165, 1.54) is 23.9 Å². The van der Waals surface area contributed by atoms with E-state index in [2.05, 4.69) is 16.7 Å². The number of aliphatic hydroxyl groups excluding tert-OH is 1. The third kappa shape index (κ3) is 3.87. The summed E-state index contributed by atoms with van der Waals surface area (Å²) in [7, 11) is 0. The minimum Gasteiger partial charge on any atom is -0.391 e. The van der Waals surface area contributed by atoms with Gasteiger partial charge in [0.05, 0.1) is 51.1 Å². The SMILES string of the molecule is Cc1ccc(NC(=O)CSC2=C(C#N)C3NC(=O)CC(O)C3S2)c(F)c1. The smallest absolute Gasteiger partial charge is 0.234 e. The van der Waals surface area contributed by atoms with Gasteiger partial charge in [-0.25, -0.2) is 4.39 Å². The molecule has 0 bridgehead atoms. The first-order valence-electron chi connectivity index (χ1n) is 7.86. The number of rotatable bonds is 4. The summed E-state index contributed by atoms with van der Waals surface area (Å²) < 4.78 is 14.4. The summed E-state index contributed by atoms with van der Waals surface area (Å²) in [5.74, 6) is -1.22. The average Bonchev–Trinajstić information content (AvgIpc) is 2.93. The van der Waals surface area contributed by atoms with Gasteiger partial charge in [-0.2, -0.15) is 5.26 Å². The second-order valence-corrected chi connectivity index (χ2v) is 8.46. The summed E-state index contributed by atoms with van der Waals surface area (Å²) in [5, 5.41) is 24.3. The van der Waals surface area contributed by atoms with Gasteiger partial charge in [0.1, 0.15) is 5.82 Å².